The van der Waals surface area contributed by atoms with Crippen LogP contribution in [0.25, 0.3) is 27.5 Å². The Balaban J connectivity index is 0.000000233. The predicted octanol–water partition coefficient (Wildman–Crippen LogP) is 4.92. The molecule has 0 bridgehead atoms. The summed E-state index contributed by atoms with van der Waals surface area (Å²) in [4.78, 5) is 77.1. The number of rotatable bonds is 17. The number of aromatic nitrogens is 11. The summed E-state index contributed by atoms with van der Waals surface area (Å²) < 4.78 is 12.1. The molecule has 2 atom stereocenters. The van der Waals surface area contributed by atoms with Crippen LogP contribution in [0.2, 0.25) is 0 Å². The Kier molecular flexibility index (Phi) is 26.3. The SMILES string of the molecule is CC(C)(C#N)c1cc(Cn2cncn2)cc(C(C)(C)C#N)c1.CCN(CC)C(=O)[C@@H]1C=C2c3cccc4[nH]cc(c34)C[C@H]2N(C)C1.CN(C)c1nc(N(C)C)nc(N(C)C)n1.NCCCNCCSP(=O)(O)O.O=c1[nH]cnc2[nH]ncc12.[As]. The van der Waals surface area contributed by atoms with Gasteiger partial charge in [0.2, 0.25) is 23.8 Å². The van der Waals surface area contributed by atoms with Crippen LogP contribution >= 0.6 is 18.2 Å². The Hall–Kier alpha value is -6.99. The minimum absolute atomic E-state index is 0. The number of hydrogen-bond donors (Lipinski definition) is 7. The van der Waals surface area contributed by atoms with Crippen molar-refractivity contribution in [2.75, 3.05) is 109 Å². The Morgan fingerprint density at radius 2 is 1.54 bits per heavy atom. The van der Waals surface area contributed by atoms with Gasteiger partial charge in [-0.25, -0.2) is 19.2 Å². The van der Waals surface area contributed by atoms with Crippen molar-refractivity contribution in [1.29, 1.82) is 10.5 Å². The fraction of sp³-hybridized carbons (Fsp3) is 0.482. The maximum absolute atomic E-state index is 12.9. The van der Waals surface area contributed by atoms with Crippen LogP contribution in [0.5, 0.6) is 0 Å². The largest absolute Gasteiger partial charge is 0.384 e. The maximum Gasteiger partial charge on any atom is 0.384 e. The molecule has 9 rings (SSSR count). The molecule has 84 heavy (non-hydrogen) atoms. The number of benzene rings is 2. The zero-order valence-electron chi connectivity index (χ0n) is 50.4. The molecule has 25 nitrogen and oxygen atoms in total. The second kappa shape index (κ2) is 31.8. The van der Waals surface area contributed by atoms with Crippen LogP contribution in [0.4, 0.5) is 17.8 Å². The Morgan fingerprint density at radius 1 is 0.929 bits per heavy atom. The van der Waals surface area contributed by atoms with E-state index >= 15 is 0 Å². The summed E-state index contributed by atoms with van der Waals surface area (Å²) in [5, 5.41) is 34.0. The molecule has 28 heteroatoms. The molecule has 3 radical (unpaired) electrons. The molecule has 1 amide bonds. The van der Waals surface area contributed by atoms with Gasteiger partial charge in [-0.1, -0.05) is 36.4 Å². The standard InChI is InChI=1S/C20H25N3O.C17H19N5.C9H18N6.C5H4N4O.C5H15N2O3PS.As/c1-4-23(5-2)20(24)14-9-16-15-7-6-8-17-19(15)13(11-21-17)10-18(16)22(3)12-14;1-16(2,9-18)14-5-13(8-22-12-20-11-21-22)6-15(7-14)17(3,4)10-19;1-13(2)7-10-8(14(3)4)12-9(11-7)15(5)6;10-5-3-1-8-9-4(3)6-2-7-5;6-2-1-3-7-4-5-12-11(8,9)10;/h6-9,11,14,18,21H,4-5,10,12H2,1-3H3;5-7,11-12H,8H2,1-4H3;1-6H3;1-2H,(H2,6,7,8,9,10);7H,1-6H2,(H2,8,9,10);/t14-,18-;;;;;/m1...../s1. The van der Waals surface area contributed by atoms with Crippen molar-refractivity contribution < 1.29 is 19.1 Å². The van der Waals surface area contributed by atoms with Crippen LogP contribution in [0.3, 0.4) is 0 Å². The number of nitriles is 2. The number of nitrogens with zero attached hydrogens (tertiary/aromatic N) is 15. The average molecular weight is 1250 g/mol. The quantitative estimate of drug-likeness (QED) is 0.0361. The summed E-state index contributed by atoms with van der Waals surface area (Å²) in [7, 11) is 13.6. The van der Waals surface area contributed by atoms with E-state index in [4.69, 9.17) is 15.5 Å². The topological polar surface area (TPSA) is 336 Å². The van der Waals surface area contributed by atoms with Gasteiger partial charge in [0.05, 0.1) is 48.0 Å². The van der Waals surface area contributed by atoms with E-state index in [1.165, 1.54) is 46.5 Å². The first-order valence-corrected chi connectivity index (χ1v) is 30.3. The normalized spacial score (nSPS) is 14.4. The molecule has 8 N–H and O–H groups in total. The van der Waals surface area contributed by atoms with E-state index < -0.39 is 17.6 Å². The van der Waals surface area contributed by atoms with Gasteiger partial charge in [-0.15, -0.1) is 0 Å². The van der Waals surface area contributed by atoms with Gasteiger partial charge in [-0.2, -0.15) is 35.7 Å². The van der Waals surface area contributed by atoms with Gasteiger partial charge in [-0.05, 0) is 125 Å². The van der Waals surface area contributed by atoms with Crippen LogP contribution in [0.15, 0.2) is 78.6 Å². The predicted molar refractivity (Wildman–Crippen MR) is 335 cm³/mol. The Labute approximate surface area is 507 Å². The van der Waals surface area contributed by atoms with E-state index in [2.05, 4.69) is 124 Å². The molecule has 1 aliphatic heterocycles. The summed E-state index contributed by atoms with van der Waals surface area (Å²) in [6, 6.07) is 17.4. The molecule has 451 valence electrons. The van der Waals surface area contributed by atoms with Gasteiger partial charge in [0.1, 0.15) is 18.0 Å². The van der Waals surface area contributed by atoms with Gasteiger partial charge in [0, 0.05) is 115 Å². The van der Waals surface area contributed by atoms with Gasteiger partial charge in [0.15, 0.2) is 5.65 Å². The first kappa shape index (κ1) is 69.5. The molecule has 0 saturated heterocycles. The molecule has 2 aliphatic rings. The monoisotopic (exact) mass is 1250 g/mol. The van der Waals surface area contributed by atoms with Crippen molar-refractivity contribution in [2.24, 2.45) is 11.7 Å². The Morgan fingerprint density at radius 3 is 2.05 bits per heavy atom. The fourth-order valence-corrected chi connectivity index (χ4v) is 10.3. The molecule has 5 aromatic heterocycles. The number of anilines is 3. The smallest absolute Gasteiger partial charge is 0.361 e. The van der Waals surface area contributed by atoms with Crippen molar-refractivity contribution in [3.05, 3.63) is 112 Å². The molecule has 6 heterocycles. The number of aromatic amines is 3. The van der Waals surface area contributed by atoms with Crippen LogP contribution in [-0.4, -0.2) is 199 Å². The zero-order valence-corrected chi connectivity index (χ0v) is 53.9. The zero-order chi connectivity index (χ0) is 61.2. The first-order chi connectivity index (χ1) is 39.3. The number of carbonyl (C=O) groups excluding carboxylic acids is 1. The number of H-pyrrole nitrogens is 3. The molecular weight excluding hydrogens is 1170 g/mol. The number of likely N-dealkylation sites (N-methyl/N-ethyl adjacent to an activating group) is 1. The third kappa shape index (κ3) is 19.3. The van der Waals surface area contributed by atoms with Crippen LogP contribution in [0, 0.1) is 28.6 Å². The molecule has 1 aliphatic carbocycles. The number of nitrogens with one attached hydrogen (secondary N) is 4. The minimum Gasteiger partial charge on any atom is -0.361 e. The van der Waals surface area contributed by atoms with E-state index in [0.717, 1.165) is 55.7 Å². The Bertz CT molecular complexity index is 3340. The van der Waals surface area contributed by atoms with Crippen LogP contribution < -0.4 is 31.3 Å². The van der Waals surface area contributed by atoms with Crippen LogP contribution in [0.1, 0.15) is 75.8 Å². The van der Waals surface area contributed by atoms with Crippen molar-refractivity contribution in [1.82, 2.24) is 70.0 Å². The third-order valence-electron chi connectivity index (χ3n) is 13.6. The van der Waals surface area contributed by atoms with Gasteiger partial charge in [0.25, 0.3) is 5.56 Å². The van der Waals surface area contributed by atoms with E-state index in [0.29, 0.717) is 71.7 Å². The molecule has 0 unspecified atom stereocenters. The van der Waals surface area contributed by atoms with Gasteiger partial charge < -0.3 is 50.4 Å². The summed E-state index contributed by atoms with van der Waals surface area (Å²) in [6.45, 7) is 12.7. The van der Waals surface area contributed by atoms with E-state index in [1.54, 1.807) is 11.0 Å². The summed E-state index contributed by atoms with van der Waals surface area (Å²) in [5.74, 6) is 2.63. The summed E-state index contributed by atoms with van der Waals surface area (Å²) in [6.07, 6.45) is 12.2. The second-order valence-corrected chi connectivity index (χ2v) is 25.3. The molecule has 0 saturated carbocycles. The van der Waals surface area contributed by atoms with Crippen molar-refractivity contribution in [3.8, 4) is 12.1 Å². The number of hydrogen-bond acceptors (Lipinski definition) is 19. The van der Waals surface area contributed by atoms with E-state index in [1.807, 2.05) is 108 Å². The number of amides is 1. The minimum atomic E-state index is -3.87. The number of carbonyl (C=O) groups is 1. The van der Waals surface area contributed by atoms with E-state index in [9.17, 15) is 24.7 Å². The maximum atomic E-state index is 12.9. The van der Waals surface area contributed by atoms with E-state index in [-0.39, 0.29) is 35.3 Å². The summed E-state index contributed by atoms with van der Waals surface area (Å²) >= 11 is 0.665. The molecule has 0 spiro atoms. The molecule has 7 aromatic rings. The molecule has 0 fully saturated rings. The van der Waals surface area contributed by atoms with Crippen molar-refractivity contribution in [3.63, 3.8) is 0 Å². The van der Waals surface area contributed by atoms with Gasteiger partial charge in [-0.3, -0.25) is 19.6 Å². The third-order valence-corrected chi connectivity index (χ3v) is 15.9. The van der Waals surface area contributed by atoms with Gasteiger partial charge >= 0.3 is 6.80 Å². The fourth-order valence-electron chi connectivity index (χ4n) is 8.82. The van der Waals surface area contributed by atoms with Crippen molar-refractivity contribution in [2.45, 2.75) is 77.8 Å². The van der Waals surface area contributed by atoms with Crippen LogP contribution in [-0.2, 0) is 33.2 Å². The first-order valence-electron chi connectivity index (χ1n) is 27.1. The number of nitrogens with two attached hydrogens (primary N) is 1. The second-order valence-electron chi connectivity index (χ2n) is 21.4. The molecular formula is C56H81AsN20O5PS. The molecule has 2 aromatic carbocycles. The summed E-state index contributed by atoms with van der Waals surface area (Å²) in [5.41, 5.74) is 12.4. The van der Waals surface area contributed by atoms with Crippen molar-refractivity contribution >= 4 is 87.4 Å². The number of fused-ring (bicyclic) bond motifs is 3. The average Bonchev–Trinajstić information content (AvgIpc) is 3.63.